The molecule has 2 aliphatic carbocycles. The third kappa shape index (κ3) is 2.28. The Kier molecular flexibility index (Phi) is 2.90. The second kappa shape index (κ2) is 4.57. The molecule has 1 N–H and O–H groups in total. The van der Waals surface area contributed by atoms with Gasteiger partial charge in [0.2, 0.25) is 5.91 Å². The van der Waals surface area contributed by atoms with Crippen molar-refractivity contribution in [3.63, 3.8) is 0 Å². The van der Waals surface area contributed by atoms with Gasteiger partial charge in [0.25, 0.3) is 0 Å². The minimum atomic E-state index is -0.230. The third-order valence-electron chi connectivity index (χ3n) is 5.29. The first kappa shape index (κ1) is 13.3. The molecule has 1 aliphatic heterocycles. The Bertz CT molecular complexity index is 574. The van der Waals surface area contributed by atoms with Crippen LogP contribution in [0.1, 0.15) is 56.3 Å². The Labute approximate surface area is 126 Å². The Morgan fingerprint density at radius 2 is 2.14 bits per heavy atom. The maximum Gasteiger partial charge on any atom is 0.244 e. The second-order valence-electron chi connectivity index (χ2n) is 7.28. The van der Waals surface area contributed by atoms with Crippen molar-refractivity contribution in [2.45, 2.75) is 63.7 Å². The molecule has 1 saturated heterocycles. The van der Waals surface area contributed by atoms with Crippen LogP contribution < -0.4 is 5.32 Å². The summed E-state index contributed by atoms with van der Waals surface area (Å²) in [5.74, 6) is 1.18. The first-order chi connectivity index (χ1) is 10.1. The van der Waals surface area contributed by atoms with E-state index in [-0.39, 0.29) is 11.7 Å². The number of hydrogen-bond donors (Lipinski definition) is 1. The van der Waals surface area contributed by atoms with Crippen molar-refractivity contribution in [1.29, 1.82) is 0 Å². The highest BCUT2D eigenvalue weighted by molar-refractivity contribution is 5.92. The standard InChI is InChI=1S/C18H24N2O/c1-12-4-3-5-15(10-12)16-19-18(8-9-18)17(21)20(16)13(2)11-14-6-7-14/h3-5,10,13-14,16,19H,6-9,11H2,1-2H3. The van der Waals surface area contributed by atoms with Crippen LogP contribution in [0.2, 0.25) is 0 Å². The zero-order valence-corrected chi connectivity index (χ0v) is 12.9. The lowest BCUT2D eigenvalue weighted by Gasteiger charge is -2.31. The summed E-state index contributed by atoms with van der Waals surface area (Å²) in [5.41, 5.74) is 2.26. The lowest BCUT2D eigenvalue weighted by molar-refractivity contribution is -0.133. The van der Waals surface area contributed by atoms with E-state index in [0.29, 0.717) is 11.9 Å². The Balaban J connectivity index is 1.64. The molecular formula is C18H24N2O. The topological polar surface area (TPSA) is 32.3 Å². The number of hydrogen-bond acceptors (Lipinski definition) is 2. The van der Waals surface area contributed by atoms with Crippen molar-refractivity contribution in [3.8, 4) is 0 Å². The molecule has 0 aromatic heterocycles. The van der Waals surface area contributed by atoms with Gasteiger partial charge in [0.1, 0.15) is 11.7 Å². The van der Waals surface area contributed by atoms with Crippen LogP contribution in [-0.4, -0.2) is 22.4 Å². The summed E-state index contributed by atoms with van der Waals surface area (Å²) in [6.45, 7) is 4.34. The summed E-state index contributed by atoms with van der Waals surface area (Å²) in [7, 11) is 0. The number of nitrogens with one attached hydrogen (secondary N) is 1. The average Bonchev–Trinajstić information content (AvgIpc) is 3.33. The summed E-state index contributed by atoms with van der Waals surface area (Å²) < 4.78 is 0. The van der Waals surface area contributed by atoms with Crippen molar-refractivity contribution in [2.24, 2.45) is 5.92 Å². The van der Waals surface area contributed by atoms with E-state index in [2.05, 4.69) is 48.3 Å². The van der Waals surface area contributed by atoms with Gasteiger partial charge in [-0.15, -0.1) is 0 Å². The molecule has 1 aromatic carbocycles. The maximum atomic E-state index is 12.9. The van der Waals surface area contributed by atoms with Gasteiger partial charge in [-0.3, -0.25) is 10.1 Å². The third-order valence-corrected chi connectivity index (χ3v) is 5.29. The SMILES string of the molecule is Cc1cccc(C2NC3(CC3)C(=O)N2C(C)CC2CC2)c1. The van der Waals surface area contributed by atoms with E-state index in [4.69, 9.17) is 0 Å². The van der Waals surface area contributed by atoms with Gasteiger partial charge in [-0.05, 0) is 44.6 Å². The van der Waals surface area contributed by atoms with Crippen molar-refractivity contribution < 1.29 is 4.79 Å². The van der Waals surface area contributed by atoms with E-state index in [1.54, 1.807) is 0 Å². The molecular weight excluding hydrogens is 260 g/mol. The van der Waals surface area contributed by atoms with E-state index in [1.807, 2.05) is 0 Å². The Morgan fingerprint density at radius 3 is 2.76 bits per heavy atom. The van der Waals surface area contributed by atoms with Crippen LogP contribution in [-0.2, 0) is 4.79 Å². The summed E-state index contributed by atoms with van der Waals surface area (Å²) in [6, 6.07) is 8.91. The lowest BCUT2D eigenvalue weighted by Crippen LogP contribution is -2.39. The van der Waals surface area contributed by atoms with Crippen LogP contribution in [0.25, 0.3) is 0 Å². The summed E-state index contributed by atoms with van der Waals surface area (Å²) in [5, 5.41) is 3.64. The minimum Gasteiger partial charge on any atom is -0.319 e. The number of amides is 1. The Morgan fingerprint density at radius 1 is 1.38 bits per heavy atom. The number of benzene rings is 1. The van der Waals surface area contributed by atoms with Crippen molar-refractivity contribution in [2.75, 3.05) is 0 Å². The summed E-state index contributed by atoms with van der Waals surface area (Å²) in [4.78, 5) is 15.0. The number of nitrogens with zero attached hydrogens (tertiary/aromatic N) is 1. The molecule has 2 saturated carbocycles. The monoisotopic (exact) mass is 284 g/mol. The molecule has 0 bridgehead atoms. The number of carbonyl (C=O) groups is 1. The normalized spacial score (nSPS) is 28.2. The van der Waals surface area contributed by atoms with Crippen LogP contribution in [0.4, 0.5) is 0 Å². The molecule has 1 heterocycles. The fourth-order valence-corrected chi connectivity index (χ4v) is 3.73. The van der Waals surface area contributed by atoms with Crippen LogP contribution >= 0.6 is 0 Å². The van der Waals surface area contributed by atoms with Crippen LogP contribution in [0, 0.1) is 12.8 Å². The smallest absolute Gasteiger partial charge is 0.244 e. The van der Waals surface area contributed by atoms with Gasteiger partial charge in [-0.1, -0.05) is 42.7 Å². The van der Waals surface area contributed by atoms with Crippen molar-refractivity contribution in [3.05, 3.63) is 35.4 Å². The largest absolute Gasteiger partial charge is 0.319 e. The fourth-order valence-electron chi connectivity index (χ4n) is 3.73. The van der Waals surface area contributed by atoms with E-state index in [1.165, 1.54) is 24.0 Å². The highest BCUT2D eigenvalue weighted by Gasteiger charge is 2.60. The molecule has 3 nitrogen and oxygen atoms in total. The fraction of sp³-hybridized carbons (Fsp3) is 0.611. The number of carbonyl (C=O) groups excluding carboxylic acids is 1. The highest BCUT2D eigenvalue weighted by atomic mass is 16.2. The van der Waals surface area contributed by atoms with Crippen LogP contribution in [0.3, 0.4) is 0 Å². The second-order valence-corrected chi connectivity index (χ2v) is 7.28. The predicted octanol–water partition coefficient (Wildman–Crippen LogP) is 3.15. The molecule has 112 valence electrons. The van der Waals surface area contributed by atoms with Gasteiger partial charge in [0.15, 0.2) is 0 Å². The van der Waals surface area contributed by atoms with E-state index >= 15 is 0 Å². The van der Waals surface area contributed by atoms with Gasteiger partial charge < -0.3 is 4.90 Å². The zero-order valence-electron chi connectivity index (χ0n) is 12.9. The average molecular weight is 284 g/mol. The number of rotatable bonds is 4. The highest BCUT2D eigenvalue weighted by Crippen LogP contribution is 2.48. The van der Waals surface area contributed by atoms with Gasteiger partial charge in [0, 0.05) is 6.04 Å². The van der Waals surface area contributed by atoms with Gasteiger partial charge >= 0.3 is 0 Å². The molecule has 1 spiro atoms. The summed E-state index contributed by atoms with van der Waals surface area (Å²) in [6.07, 6.45) is 5.92. The molecule has 21 heavy (non-hydrogen) atoms. The molecule has 4 rings (SSSR count). The Hall–Kier alpha value is -1.35. The molecule has 3 fully saturated rings. The molecule has 1 aromatic rings. The molecule has 2 atom stereocenters. The predicted molar refractivity (Wildman–Crippen MR) is 82.7 cm³/mol. The van der Waals surface area contributed by atoms with E-state index in [0.717, 1.165) is 25.2 Å². The molecule has 3 heteroatoms. The molecule has 0 radical (unpaired) electrons. The van der Waals surface area contributed by atoms with Crippen LogP contribution in [0.5, 0.6) is 0 Å². The summed E-state index contributed by atoms with van der Waals surface area (Å²) >= 11 is 0. The van der Waals surface area contributed by atoms with Crippen molar-refractivity contribution >= 4 is 5.91 Å². The number of aryl methyl sites for hydroxylation is 1. The van der Waals surface area contributed by atoms with E-state index < -0.39 is 0 Å². The van der Waals surface area contributed by atoms with Gasteiger partial charge in [-0.2, -0.15) is 0 Å². The quantitative estimate of drug-likeness (QED) is 0.921. The first-order valence-electron chi connectivity index (χ1n) is 8.26. The zero-order chi connectivity index (χ0) is 14.6. The molecule has 3 aliphatic rings. The molecule has 1 amide bonds. The first-order valence-corrected chi connectivity index (χ1v) is 8.26. The van der Waals surface area contributed by atoms with Gasteiger partial charge in [0.05, 0.1) is 0 Å². The van der Waals surface area contributed by atoms with Gasteiger partial charge in [-0.25, -0.2) is 0 Å². The van der Waals surface area contributed by atoms with Crippen molar-refractivity contribution in [1.82, 2.24) is 10.2 Å². The van der Waals surface area contributed by atoms with Crippen LogP contribution in [0.15, 0.2) is 24.3 Å². The lowest BCUT2D eigenvalue weighted by atomic mass is 10.1. The minimum absolute atomic E-state index is 0.0636. The molecule has 2 unspecified atom stereocenters. The maximum absolute atomic E-state index is 12.9. The van der Waals surface area contributed by atoms with E-state index in [9.17, 15) is 4.79 Å².